The van der Waals surface area contributed by atoms with Gasteiger partial charge in [0.05, 0.1) is 11.4 Å². The lowest BCUT2D eigenvalue weighted by atomic mass is 10.1. The van der Waals surface area contributed by atoms with Crippen molar-refractivity contribution in [1.29, 1.82) is 0 Å². The molecule has 1 aliphatic heterocycles. The summed E-state index contributed by atoms with van der Waals surface area (Å²) in [5, 5.41) is 5.74. The normalized spacial score (nSPS) is 18.8. The van der Waals surface area contributed by atoms with Gasteiger partial charge < -0.3 is 10.6 Å². The monoisotopic (exact) mass is 373 g/mol. The number of carbonyl (C=O) groups excluding carboxylic acids is 2. The third-order valence-corrected chi connectivity index (χ3v) is 5.83. The first-order valence-electron chi connectivity index (χ1n) is 7.59. The van der Waals surface area contributed by atoms with Crippen LogP contribution in [-0.2, 0) is 19.6 Å². The van der Waals surface area contributed by atoms with Crippen molar-refractivity contribution in [3.05, 3.63) is 29.3 Å². The molecule has 2 rings (SSSR count). The molecule has 1 aliphatic rings. The van der Waals surface area contributed by atoms with Crippen LogP contribution in [0.15, 0.2) is 29.2 Å². The summed E-state index contributed by atoms with van der Waals surface area (Å²) in [6, 6.07) is 5.08. The zero-order chi connectivity index (χ0) is 17.7. The summed E-state index contributed by atoms with van der Waals surface area (Å²) in [5.74, 6) is -0.749. The fourth-order valence-corrected chi connectivity index (χ4v) is 3.64. The van der Waals surface area contributed by atoms with Gasteiger partial charge in [0.25, 0.3) is 0 Å². The van der Waals surface area contributed by atoms with Crippen molar-refractivity contribution in [1.82, 2.24) is 14.9 Å². The maximum Gasteiger partial charge on any atom is 0.243 e. The Morgan fingerprint density at radius 2 is 2.00 bits per heavy atom. The quantitative estimate of drug-likeness (QED) is 0.796. The van der Waals surface area contributed by atoms with Crippen molar-refractivity contribution < 1.29 is 18.0 Å². The van der Waals surface area contributed by atoms with Crippen molar-refractivity contribution in [2.24, 2.45) is 0 Å². The van der Waals surface area contributed by atoms with Gasteiger partial charge in [-0.05, 0) is 43.5 Å². The molecule has 7 nitrogen and oxygen atoms in total. The Labute approximate surface area is 146 Å². The Bertz CT molecular complexity index is 706. The molecule has 9 heteroatoms. The molecule has 24 heavy (non-hydrogen) atoms. The Kier molecular flexibility index (Phi) is 6.20. The molecule has 1 heterocycles. The highest BCUT2D eigenvalue weighted by Crippen LogP contribution is 2.17. The molecule has 1 atom stereocenters. The van der Waals surface area contributed by atoms with Crippen LogP contribution in [0, 0.1) is 0 Å². The minimum absolute atomic E-state index is 0.0504. The van der Waals surface area contributed by atoms with E-state index in [1.54, 1.807) is 0 Å². The van der Waals surface area contributed by atoms with Crippen molar-refractivity contribution >= 4 is 33.4 Å². The molecule has 1 aromatic carbocycles. The van der Waals surface area contributed by atoms with Gasteiger partial charge in [-0.25, -0.2) is 8.42 Å². The highest BCUT2D eigenvalue weighted by molar-refractivity contribution is 7.89. The fraction of sp³-hybridized carbons (Fsp3) is 0.467. The summed E-state index contributed by atoms with van der Waals surface area (Å²) in [6.07, 6.45) is 2.23. The van der Waals surface area contributed by atoms with Crippen molar-refractivity contribution in [3.63, 3.8) is 0 Å². The van der Waals surface area contributed by atoms with Crippen LogP contribution in [0.1, 0.15) is 19.3 Å². The molecule has 0 spiro atoms. The third kappa shape index (κ3) is 4.68. The van der Waals surface area contributed by atoms with E-state index < -0.39 is 22.0 Å². The molecule has 0 bridgehead atoms. The van der Waals surface area contributed by atoms with Gasteiger partial charge in [-0.1, -0.05) is 11.6 Å². The number of carbonyl (C=O) groups is 2. The van der Waals surface area contributed by atoms with E-state index in [-0.39, 0.29) is 17.3 Å². The minimum atomic E-state index is -3.80. The standard InChI is InChI=1S/C15H20ClN3O4S/c1-19(24(22,23)12-7-5-11(16)6-8-12)10-14(20)18-13-4-2-3-9-17-15(13)21/h5-8,13H,2-4,9-10H2,1H3,(H,17,21)(H,18,20)/t13-/m1/s1. The number of hydrogen-bond acceptors (Lipinski definition) is 4. The Balaban J connectivity index is 1.99. The molecular formula is C15H20ClN3O4S. The summed E-state index contributed by atoms with van der Waals surface area (Å²) in [6.45, 7) is 0.227. The number of nitrogens with one attached hydrogen (secondary N) is 2. The first-order chi connectivity index (χ1) is 11.3. The Hall–Kier alpha value is -1.64. The van der Waals surface area contributed by atoms with Crippen molar-refractivity contribution in [3.8, 4) is 0 Å². The lowest BCUT2D eigenvalue weighted by Crippen LogP contribution is -2.48. The molecule has 2 N–H and O–H groups in total. The van der Waals surface area contributed by atoms with Crippen LogP contribution >= 0.6 is 11.6 Å². The zero-order valence-corrected chi connectivity index (χ0v) is 14.9. The van der Waals surface area contributed by atoms with E-state index in [2.05, 4.69) is 10.6 Å². The van der Waals surface area contributed by atoms with Crippen LogP contribution in [0.3, 0.4) is 0 Å². The van der Waals surface area contributed by atoms with E-state index >= 15 is 0 Å². The predicted octanol–water partition coefficient (Wildman–Crippen LogP) is 0.745. The first-order valence-corrected chi connectivity index (χ1v) is 9.41. The summed E-state index contributed by atoms with van der Waals surface area (Å²) >= 11 is 5.75. The highest BCUT2D eigenvalue weighted by atomic mass is 35.5. The second kappa shape index (κ2) is 7.96. The lowest BCUT2D eigenvalue weighted by molar-refractivity contribution is -0.128. The summed E-state index contributed by atoms with van der Waals surface area (Å²) < 4.78 is 25.8. The average Bonchev–Trinajstić information content (AvgIpc) is 2.72. The smallest absolute Gasteiger partial charge is 0.243 e. The lowest BCUT2D eigenvalue weighted by Gasteiger charge is -2.19. The van der Waals surface area contributed by atoms with Crippen LogP contribution in [0.25, 0.3) is 0 Å². The molecule has 0 aliphatic carbocycles. The molecule has 2 amide bonds. The third-order valence-electron chi connectivity index (χ3n) is 3.76. The van der Waals surface area contributed by atoms with E-state index in [0.29, 0.717) is 18.0 Å². The van der Waals surface area contributed by atoms with Crippen LogP contribution in [-0.4, -0.2) is 50.7 Å². The largest absolute Gasteiger partial charge is 0.354 e. The van der Waals surface area contributed by atoms with E-state index in [1.165, 1.54) is 31.3 Å². The topological polar surface area (TPSA) is 95.6 Å². The van der Waals surface area contributed by atoms with Gasteiger partial charge in [-0.3, -0.25) is 9.59 Å². The van der Waals surface area contributed by atoms with Gasteiger partial charge in [0, 0.05) is 18.6 Å². The molecule has 0 unspecified atom stereocenters. The molecule has 0 aromatic heterocycles. The maximum atomic E-state index is 12.4. The van der Waals surface area contributed by atoms with Gasteiger partial charge in [-0.2, -0.15) is 4.31 Å². The van der Waals surface area contributed by atoms with Gasteiger partial charge in [0.1, 0.15) is 6.04 Å². The number of rotatable bonds is 5. The molecule has 1 fully saturated rings. The van der Waals surface area contributed by atoms with Crippen molar-refractivity contribution in [2.75, 3.05) is 20.1 Å². The predicted molar refractivity (Wildman–Crippen MR) is 90.1 cm³/mol. The minimum Gasteiger partial charge on any atom is -0.354 e. The maximum absolute atomic E-state index is 12.4. The number of nitrogens with zero attached hydrogens (tertiary/aromatic N) is 1. The molecular weight excluding hydrogens is 354 g/mol. The van der Waals surface area contributed by atoms with E-state index in [4.69, 9.17) is 11.6 Å². The van der Waals surface area contributed by atoms with Gasteiger partial charge in [0.15, 0.2) is 0 Å². The summed E-state index contributed by atoms with van der Waals surface area (Å²) in [7, 11) is -2.48. The number of sulfonamides is 1. The van der Waals surface area contributed by atoms with Crippen molar-refractivity contribution in [2.45, 2.75) is 30.2 Å². The van der Waals surface area contributed by atoms with Gasteiger partial charge in [-0.15, -0.1) is 0 Å². The van der Waals surface area contributed by atoms with E-state index in [9.17, 15) is 18.0 Å². The second-order valence-electron chi connectivity index (χ2n) is 5.62. The molecule has 1 saturated heterocycles. The number of amides is 2. The second-order valence-corrected chi connectivity index (χ2v) is 8.10. The Morgan fingerprint density at radius 3 is 2.67 bits per heavy atom. The molecule has 132 valence electrons. The van der Waals surface area contributed by atoms with E-state index in [1.807, 2.05) is 0 Å². The first kappa shape index (κ1) is 18.7. The SMILES string of the molecule is CN(CC(=O)N[C@@H]1CCCCNC1=O)S(=O)(=O)c1ccc(Cl)cc1. The van der Waals surface area contributed by atoms with E-state index in [0.717, 1.165) is 17.1 Å². The summed E-state index contributed by atoms with van der Waals surface area (Å²) in [5.41, 5.74) is 0. The van der Waals surface area contributed by atoms with Crippen LogP contribution in [0.5, 0.6) is 0 Å². The number of benzene rings is 1. The van der Waals surface area contributed by atoms with Crippen LogP contribution < -0.4 is 10.6 Å². The summed E-state index contributed by atoms with van der Waals surface area (Å²) in [4.78, 5) is 24.0. The van der Waals surface area contributed by atoms with Gasteiger partial charge >= 0.3 is 0 Å². The van der Waals surface area contributed by atoms with Gasteiger partial charge in [0.2, 0.25) is 21.8 Å². The van der Waals surface area contributed by atoms with Crippen LogP contribution in [0.2, 0.25) is 5.02 Å². The number of likely N-dealkylation sites (N-methyl/N-ethyl adjacent to an activating group) is 1. The molecule has 1 aromatic rings. The molecule has 0 radical (unpaired) electrons. The number of hydrogen-bond donors (Lipinski definition) is 2. The average molecular weight is 374 g/mol. The highest BCUT2D eigenvalue weighted by Gasteiger charge is 2.26. The Morgan fingerprint density at radius 1 is 1.33 bits per heavy atom. The zero-order valence-electron chi connectivity index (χ0n) is 13.3. The number of halogens is 1. The molecule has 0 saturated carbocycles. The fourth-order valence-electron chi connectivity index (χ4n) is 2.39. The van der Waals surface area contributed by atoms with Crippen LogP contribution in [0.4, 0.5) is 0 Å².